The molecule has 0 aliphatic heterocycles. The molecule has 0 saturated carbocycles. The Morgan fingerprint density at radius 1 is 1.35 bits per heavy atom. The molecule has 0 bridgehead atoms. The van der Waals surface area contributed by atoms with Crippen LogP contribution in [0, 0.1) is 5.92 Å². The Hall–Kier alpha value is -1.02. The fourth-order valence-electron chi connectivity index (χ4n) is 2.19. The van der Waals surface area contributed by atoms with E-state index in [1.807, 2.05) is 36.9 Å². The van der Waals surface area contributed by atoms with Crippen molar-refractivity contribution in [2.24, 2.45) is 5.92 Å². The summed E-state index contributed by atoms with van der Waals surface area (Å²) < 4.78 is 0. The van der Waals surface area contributed by atoms with Crippen LogP contribution in [0.1, 0.15) is 26.2 Å². The van der Waals surface area contributed by atoms with Crippen molar-refractivity contribution in [3.05, 3.63) is 42.5 Å². The molecule has 17 heavy (non-hydrogen) atoms. The van der Waals surface area contributed by atoms with Crippen molar-refractivity contribution < 1.29 is 4.79 Å². The molecule has 1 aliphatic rings. The van der Waals surface area contributed by atoms with Crippen LogP contribution < -0.4 is 0 Å². The Morgan fingerprint density at radius 3 is 2.82 bits per heavy atom. The summed E-state index contributed by atoms with van der Waals surface area (Å²) in [6, 6.07) is 10.3. The molecule has 1 nitrogen and oxygen atoms in total. The average molecular weight is 246 g/mol. The molecular weight excluding hydrogens is 228 g/mol. The van der Waals surface area contributed by atoms with Crippen LogP contribution in [0.15, 0.2) is 47.4 Å². The highest BCUT2D eigenvalue weighted by Gasteiger charge is 2.27. The van der Waals surface area contributed by atoms with Crippen molar-refractivity contribution in [1.29, 1.82) is 0 Å². The number of hydrogen-bond acceptors (Lipinski definition) is 2. The lowest BCUT2D eigenvalue weighted by Crippen LogP contribution is -2.26. The summed E-state index contributed by atoms with van der Waals surface area (Å²) in [5.41, 5.74) is 0. The van der Waals surface area contributed by atoms with E-state index >= 15 is 0 Å². The van der Waals surface area contributed by atoms with Gasteiger partial charge in [0.05, 0.1) is 0 Å². The largest absolute Gasteiger partial charge is 0.299 e. The SMILES string of the molecule is CCC(=O)[C@H]1CCC=C[C@H]1Sc1ccccc1. The van der Waals surface area contributed by atoms with Gasteiger partial charge in [-0.3, -0.25) is 4.79 Å². The van der Waals surface area contributed by atoms with E-state index < -0.39 is 0 Å². The van der Waals surface area contributed by atoms with E-state index in [0.717, 1.165) is 12.8 Å². The molecule has 0 spiro atoms. The first-order valence-corrected chi connectivity index (χ1v) is 7.10. The van der Waals surface area contributed by atoms with Crippen LogP contribution in [0.3, 0.4) is 0 Å². The molecule has 2 rings (SSSR count). The van der Waals surface area contributed by atoms with E-state index in [9.17, 15) is 4.79 Å². The van der Waals surface area contributed by atoms with E-state index in [2.05, 4.69) is 24.3 Å². The molecule has 0 amide bonds. The quantitative estimate of drug-likeness (QED) is 0.744. The van der Waals surface area contributed by atoms with Gasteiger partial charge in [0.15, 0.2) is 0 Å². The standard InChI is InChI=1S/C15H18OS/c1-2-14(16)13-10-6-7-11-15(13)17-12-8-4-3-5-9-12/h3-5,7-9,11,13,15H,2,6,10H2,1H3/t13-,15-/m1/s1. The molecule has 0 unspecified atom stereocenters. The van der Waals surface area contributed by atoms with Gasteiger partial charge in [0.1, 0.15) is 5.78 Å². The van der Waals surface area contributed by atoms with Crippen molar-refractivity contribution in [3.63, 3.8) is 0 Å². The highest BCUT2D eigenvalue weighted by atomic mass is 32.2. The third-order valence-electron chi connectivity index (χ3n) is 3.14. The molecule has 90 valence electrons. The minimum Gasteiger partial charge on any atom is -0.299 e. The van der Waals surface area contributed by atoms with Gasteiger partial charge in [0.25, 0.3) is 0 Å². The molecule has 0 fully saturated rings. The molecule has 0 radical (unpaired) electrons. The molecule has 1 aliphatic carbocycles. The number of Topliss-reactive ketones (excluding diaryl/α,β-unsaturated/α-hetero) is 1. The minimum atomic E-state index is 0.204. The third-order valence-corrected chi connectivity index (χ3v) is 4.45. The fourth-order valence-corrected chi connectivity index (χ4v) is 3.46. The van der Waals surface area contributed by atoms with E-state index in [1.165, 1.54) is 4.90 Å². The number of carbonyl (C=O) groups excluding carboxylic acids is 1. The topological polar surface area (TPSA) is 17.1 Å². The number of rotatable bonds is 4. The molecule has 0 saturated heterocycles. The Kier molecular flexibility index (Phi) is 4.43. The lowest BCUT2D eigenvalue weighted by molar-refractivity contribution is -0.122. The summed E-state index contributed by atoms with van der Waals surface area (Å²) in [6.45, 7) is 1.96. The first-order chi connectivity index (χ1) is 8.31. The molecule has 2 atom stereocenters. The van der Waals surface area contributed by atoms with Gasteiger partial charge >= 0.3 is 0 Å². The summed E-state index contributed by atoms with van der Waals surface area (Å²) in [7, 11) is 0. The van der Waals surface area contributed by atoms with Crippen LogP contribution in [0.4, 0.5) is 0 Å². The van der Waals surface area contributed by atoms with Gasteiger partial charge in [-0.2, -0.15) is 0 Å². The number of benzene rings is 1. The fraction of sp³-hybridized carbons (Fsp3) is 0.400. The van der Waals surface area contributed by atoms with Gasteiger partial charge in [0, 0.05) is 22.5 Å². The number of allylic oxidation sites excluding steroid dienone is 1. The molecule has 0 heterocycles. The Morgan fingerprint density at radius 2 is 2.12 bits per heavy atom. The van der Waals surface area contributed by atoms with Crippen molar-refractivity contribution in [1.82, 2.24) is 0 Å². The lowest BCUT2D eigenvalue weighted by atomic mass is 9.89. The lowest BCUT2D eigenvalue weighted by Gasteiger charge is -2.25. The second-order valence-electron chi connectivity index (χ2n) is 4.33. The molecule has 1 aromatic rings. The van der Waals surface area contributed by atoms with Crippen molar-refractivity contribution in [3.8, 4) is 0 Å². The van der Waals surface area contributed by atoms with Crippen LogP contribution in [0.5, 0.6) is 0 Å². The van der Waals surface area contributed by atoms with Crippen molar-refractivity contribution in [2.75, 3.05) is 0 Å². The normalized spacial score (nSPS) is 23.6. The third kappa shape index (κ3) is 3.22. The summed E-state index contributed by atoms with van der Waals surface area (Å²) >= 11 is 1.81. The van der Waals surface area contributed by atoms with Gasteiger partial charge in [0.2, 0.25) is 0 Å². The van der Waals surface area contributed by atoms with Gasteiger partial charge in [-0.1, -0.05) is 37.3 Å². The number of carbonyl (C=O) groups is 1. The Bertz CT molecular complexity index is 397. The minimum absolute atomic E-state index is 0.204. The van der Waals surface area contributed by atoms with Gasteiger partial charge in [-0.15, -0.1) is 11.8 Å². The van der Waals surface area contributed by atoms with Crippen molar-refractivity contribution >= 4 is 17.5 Å². The molecular formula is C15H18OS. The zero-order valence-electron chi connectivity index (χ0n) is 10.1. The second kappa shape index (κ2) is 6.06. The monoisotopic (exact) mass is 246 g/mol. The number of thioether (sulfide) groups is 1. The number of ketones is 1. The zero-order chi connectivity index (χ0) is 12.1. The smallest absolute Gasteiger partial charge is 0.137 e. The van der Waals surface area contributed by atoms with Crippen LogP contribution in [0.2, 0.25) is 0 Å². The van der Waals surface area contributed by atoms with E-state index in [1.54, 1.807) is 0 Å². The predicted octanol–water partition coefficient (Wildman–Crippen LogP) is 4.09. The average Bonchev–Trinajstić information content (AvgIpc) is 2.40. The van der Waals surface area contributed by atoms with Gasteiger partial charge in [-0.25, -0.2) is 0 Å². The number of hydrogen-bond donors (Lipinski definition) is 0. The first kappa shape index (κ1) is 12.4. The van der Waals surface area contributed by atoms with Crippen LogP contribution in [-0.2, 0) is 4.79 Å². The summed E-state index contributed by atoms with van der Waals surface area (Å²) in [4.78, 5) is 13.2. The zero-order valence-corrected chi connectivity index (χ0v) is 11.0. The maximum Gasteiger partial charge on any atom is 0.137 e. The maximum atomic E-state index is 11.9. The van der Waals surface area contributed by atoms with E-state index in [4.69, 9.17) is 0 Å². The Balaban J connectivity index is 2.09. The van der Waals surface area contributed by atoms with Crippen LogP contribution in [0.25, 0.3) is 0 Å². The van der Waals surface area contributed by atoms with Gasteiger partial charge in [-0.05, 0) is 25.0 Å². The Labute approximate surface area is 107 Å². The molecule has 0 aromatic heterocycles. The van der Waals surface area contributed by atoms with Crippen molar-refractivity contribution in [2.45, 2.75) is 36.3 Å². The van der Waals surface area contributed by atoms with Gasteiger partial charge < -0.3 is 0 Å². The summed E-state index contributed by atoms with van der Waals surface area (Å²) in [6.07, 6.45) is 7.12. The molecule has 2 heteroatoms. The predicted molar refractivity (Wildman–Crippen MR) is 73.2 cm³/mol. The van der Waals surface area contributed by atoms with E-state index in [-0.39, 0.29) is 5.92 Å². The first-order valence-electron chi connectivity index (χ1n) is 6.22. The summed E-state index contributed by atoms with van der Waals surface area (Å²) in [5, 5.41) is 0.318. The van der Waals surface area contributed by atoms with Crippen LogP contribution >= 0.6 is 11.8 Å². The molecule has 1 aromatic carbocycles. The summed E-state index contributed by atoms with van der Waals surface area (Å²) in [5.74, 6) is 0.609. The molecule has 0 N–H and O–H groups in total. The highest BCUT2D eigenvalue weighted by molar-refractivity contribution is 8.00. The maximum absolute atomic E-state index is 11.9. The highest BCUT2D eigenvalue weighted by Crippen LogP contribution is 2.34. The second-order valence-corrected chi connectivity index (χ2v) is 5.58. The van der Waals surface area contributed by atoms with E-state index in [0.29, 0.717) is 17.5 Å². The van der Waals surface area contributed by atoms with Crippen LogP contribution in [-0.4, -0.2) is 11.0 Å².